The van der Waals surface area contributed by atoms with Gasteiger partial charge in [-0.1, -0.05) is 10.4 Å². The van der Waals surface area contributed by atoms with Crippen LogP contribution in [0.15, 0.2) is 16.9 Å². The lowest BCUT2D eigenvalue weighted by molar-refractivity contribution is 0.360. The SMILES string of the molecule is Cl.NCc1noc(Cn2ccnn2)n1. The molecule has 8 heteroatoms. The molecule has 7 nitrogen and oxygen atoms in total. The Hall–Kier alpha value is -1.47. The minimum Gasteiger partial charge on any atom is -0.337 e. The Labute approximate surface area is 85.7 Å². The van der Waals surface area contributed by atoms with Crippen LogP contribution >= 0.6 is 12.4 Å². The van der Waals surface area contributed by atoms with Crippen molar-refractivity contribution >= 4 is 12.4 Å². The molecular formula is C6H9ClN6O. The molecule has 76 valence electrons. The quantitative estimate of drug-likeness (QED) is 0.749. The Morgan fingerprint density at radius 1 is 1.50 bits per heavy atom. The smallest absolute Gasteiger partial charge is 0.248 e. The molecule has 0 aliphatic rings. The first-order valence-corrected chi connectivity index (χ1v) is 3.74. The summed E-state index contributed by atoms with van der Waals surface area (Å²) < 4.78 is 6.49. The number of nitrogens with two attached hydrogens (primary N) is 1. The van der Waals surface area contributed by atoms with Gasteiger partial charge in [-0.25, -0.2) is 4.68 Å². The molecule has 2 heterocycles. The average molecular weight is 217 g/mol. The van der Waals surface area contributed by atoms with Crippen molar-refractivity contribution in [1.82, 2.24) is 25.1 Å². The molecule has 0 saturated carbocycles. The molecule has 0 amide bonds. The average Bonchev–Trinajstić information content (AvgIpc) is 2.76. The van der Waals surface area contributed by atoms with Crippen LogP contribution in [0.5, 0.6) is 0 Å². The fraction of sp³-hybridized carbons (Fsp3) is 0.333. The van der Waals surface area contributed by atoms with E-state index in [2.05, 4.69) is 20.5 Å². The third-order valence-corrected chi connectivity index (χ3v) is 1.46. The molecule has 0 radical (unpaired) electrons. The molecule has 14 heavy (non-hydrogen) atoms. The Balaban J connectivity index is 0.000000980. The van der Waals surface area contributed by atoms with E-state index in [1.54, 1.807) is 17.1 Å². The summed E-state index contributed by atoms with van der Waals surface area (Å²) in [5.41, 5.74) is 5.32. The van der Waals surface area contributed by atoms with Crippen LogP contribution in [0.4, 0.5) is 0 Å². The van der Waals surface area contributed by atoms with Crippen molar-refractivity contribution in [3.63, 3.8) is 0 Å². The van der Waals surface area contributed by atoms with Crippen LogP contribution in [0.1, 0.15) is 11.7 Å². The summed E-state index contributed by atoms with van der Waals surface area (Å²) in [4.78, 5) is 4.01. The molecule has 2 aromatic heterocycles. The normalized spacial score (nSPS) is 9.79. The van der Waals surface area contributed by atoms with Crippen LogP contribution < -0.4 is 5.73 Å². The molecule has 0 saturated heterocycles. The summed E-state index contributed by atoms with van der Waals surface area (Å²) in [5, 5.41) is 11.0. The second-order valence-corrected chi connectivity index (χ2v) is 2.41. The summed E-state index contributed by atoms with van der Waals surface area (Å²) >= 11 is 0. The molecule has 0 atom stereocenters. The van der Waals surface area contributed by atoms with E-state index in [4.69, 9.17) is 10.3 Å². The number of aromatic nitrogens is 5. The molecule has 0 aromatic carbocycles. The van der Waals surface area contributed by atoms with E-state index in [1.807, 2.05) is 0 Å². The van der Waals surface area contributed by atoms with Gasteiger partial charge in [-0.2, -0.15) is 4.98 Å². The van der Waals surface area contributed by atoms with Crippen molar-refractivity contribution in [2.24, 2.45) is 5.73 Å². The van der Waals surface area contributed by atoms with Crippen molar-refractivity contribution in [2.75, 3.05) is 0 Å². The summed E-state index contributed by atoms with van der Waals surface area (Å²) in [6, 6.07) is 0. The van der Waals surface area contributed by atoms with Gasteiger partial charge in [0.1, 0.15) is 6.54 Å². The van der Waals surface area contributed by atoms with Gasteiger partial charge in [-0.3, -0.25) is 0 Å². The molecule has 0 spiro atoms. The Morgan fingerprint density at radius 2 is 2.36 bits per heavy atom. The molecule has 0 aliphatic heterocycles. The second-order valence-electron chi connectivity index (χ2n) is 2.41. The van der Waals surface area contributed by atoms with E-state index in [0.29, 0.717) is 18.3 Å². The highest BCUT2D eigenvalue weighted by atomic mass is 35.5. The predicted octanol–water partition coefficient (Wildman–Crippen LogP) is -0.410. The van der Waals surface area contributed by atoms with E-state index >= 15 is 0 Å². The number of nitrogens with zero attached hydrogens (tertiary/aromatic N) is 5. The minimum atomic E-state index is 0. The van der Waals surface area contributed by atoms with Gasteiger partial charge in [0, 0.05) is 6.20 Å². The Morgan fingerprint density at radius 3 is 2.93 bits per heavy atom. The molecule has 0 unspecified atom stereocenters. The third-order valence-electron chi connectivity index (χ3n) is 1.46. The van der Waals surface area contributed by atoms with Gasteiger partial charge >= 0.3 is 0 Å². The van der Waals surface area contributed by atoms with E-state index < -0.39 is 0 Å². The van der Waals surface area contributed by atoms with Crippen LogP contribution in [0, 0.1) is 0 Å². The Kier molecular flexibility index (Phi) is 3.55. The molecular weight excluding hydrogens is 208 g/mol. The predicted molar refractivity (Wildman–Crippen MR) is 48.6 cm³/mol. The lowest BCUT2D eigenvalue weighted by Gasteiger charge is -1.91. The van der Waals surface area contributed by atoms with Crippen LogP contribution in [-0.4, -0.2) is 25.1 Å². The number of halogens is 1. The molecule has 0 bridgehead atoms. The highest BCUT2D eigenvalue weighted by Gasteiger charge is 2.04. The van der Waals surface area contributed by atoms with Gasteiger partial charge in [-0.05, 0) is 0 Å². The van der Waals surface area contributed by atoms with E-state index in [-0.39, 0.29) is 19.0 Å². The van der Waals surface area contributed by atoms with Crippen LogP contribution in [0.3, 0.4) is 0 Å². The number of hydrogen-bond acceptors (Lipinski definition) is 6. The first-order chi connectivity index (χ1) is 6.38. The first-order valence-electron chi connectivity index (χ1n) is 3.74. The fourth-order valence-electron chi connectivity index (χ4n) is 0.893. The van der Waals surface area contributed by atoms with Crippen molar-refractivity contribution in [3.05, 3.63) is 24.1 Å². The lowest BCUT2D eigenvalue weighted by atomic mass is 10.6. The maximum Gasteiger partial charge on any atom is 0.248 e. The van der Waals surface area contributed by atoms with E-state index in [1.165, 1.54) is 0 Å². The van der Waals surface area contributed by atoms with Gasteiger partial charge in [-0.15, -0.1) is 17.5 Å². The highest BCUT2D eigenvalue weighted by Crippen LogP contribution is 1.98. The molecule has 2 aromatic rings. The fourth-order valence-corrected chi connectivity index (χ4v) is 0.893. The van der Waals surface area contributed by atoms with Gasteiger partial charge in [0.05, 0.1) is 12.7 Å². The van der Waals surface area contributed by atoms with Crippen LogP contribution in [0.25, 0.3) is 0 Å². The van der Waals surface area contributed by atoms with Crippen LogP contribution in [-0.2, 0) is 13.1 Å². The highest BCUT2D eigenvalue weighted by molar-refractivity contribution is 5.85. The van der Waals surface area contributed by atoms with Crippen molar-refractivity contribution in [2.45, 2.75) is 13.1 Å². The zero-order valence-electron chi connectivity index (χ0n) is 7.20. The zero-order valence-corrected chi connectivity index (χ0v) is 8.02. The van der Waals surface area contributed by atoms with Crippen molar-refractivity contribution in [1.29, 1.82) is 0 Å². The standard InChI is InChI=1S/C6H8N6O.ClH/c7-3-5-9-6(13-10-5)4-12-2-1-8-11-12;/h1-2H,3-4,7H2;1H. The molecule has 2 N–H and O–H groups in total. The van der Waals surface area contributed by atoms with Gasteiger partial charge in [0.25, 0.3) is 0 Å². The van der Waals surface area contributed by atoms with Crippen molar-refractivity contribution < 1.29 is 4.52 Å². The third kappa shape index (κ3) is 2.27. The number of rotatable bonds is 3. The number of hydrogen-bond donors (Lipinski definition) is 1. The summed E-state index contributed by atoms with van der Waals surface area (Å²) in [6.07, 6.45) is 3.30. The van der Waals surface area contributed by atoms with E-state index in [9.17, 15) is 0 Å². The second kappa shape index (κ2) is 4.68. The maximum absolute atomic E-state index is 5.32. The van der Waals surface area contributed by atoms with Gasteiger partial charge < -0.3 is 10.3 Å². The van der Waals surface area contributed by atoms with E-state index in [0.717, 1.165) is 0 Å². The first kappa shape index (κ1) is 10.6. The van der Waals surface area contributed by atoms with Crippen LogP contribution in [0.2, 0.25) is 0 Å². The zero-order chi connectivity index (χ0) is 9.10. The monoisotopic (exact) mass is 216 g/mol. The largest absolute Gasteiger partial charge is 0.337 e. The minimum absolute atomic E-state index is 0. The van der Waals surface area contributed by atoms with Crippen molar-refractivity contribution in [3.8, 4) is 0 Å². The summed E-state index contributed by atoms with van der Waals surface area (Å²) in [7, 11) is 0. The summed E-state index contributed by atoms with van der Waals surface area (Å²) in [5.74, 6) is 0.973. The van der Waals surface area contributed by atoms with Gasteiger partial charge in [0.2, 0.25) is 5.89 Å². The molecule has 0 aliphatic carbocycles. The molecule has 0 fully saturated rings. The topological polar surface area (TPSA) is 95.7 Å². The molecule has 2 rings (SSSR count). The Bertz CT molecular complexity index is 371. The van der Waals surface area contributed by atoms with Gasteiger partial charge in [0.15, 0.2) is 5.82 Å². The maximum atomic E-state index is 5.32. The lowest BCUT2D eigenvalue weighted by Crippen LogP contribution is -2.02. The summed E-state index contributed by atoms with van der Waals surface area (Å²) in [6.45, 7) is 0.702.